The first kappa shape index (κ1) is 14.9. The summed E-state index contributed by atoms with van der Waals surface area (Å²) >= 11 is 4.96. The van der Waals surface area contributed by atoms with Crippen molar-refractivity contribution in [2.24, 2.45) is 11.7 Å². The lowest BCUT2D eigenvalue weighted by molar-refractivity contribution is 0.587. The predicted octanol–water partition coefficient (Wildman–Crippen LogP) is 2.03. The standard InChI is InChI=1S/C12H18N2O2S2/c1-8(2)7-18(15,16)14-10-6-4-5-9(3)11(10)12(13)17/h4-6,8,14H,7H2,1-3H3,(H2,13,17). The highest BCUT2D eigenvalue weighted by Crippen LogP contribution is 2.21. The summed E-state index contributed by atoms with van der Waals surface area (Å²) in [4.78, 5) is 0.190. The molecule has 0 aliphatic rings. The number of hydrogen-bond donors (Lipinski definition) is 2. The second-order valence-corrected chi connectivity index (χ2v) is 6.85. The van der Waals surface area contributed by atoms with Crippen LogP contribution in [0.3, 0.4) is 0 Å². The van der Waals surface area contributed by atoms with Crippen LogP contribution in [0.1, 0.15) is 25.0 Å². The topological polar surface area (TPSA) is 72.2 Å². The van der Waals surface area contributed by atoms with E-state index in [1.54, 1.807) is 12.1 Å². The molecule has 100 valence electrons. The first-order valence-electron chi connectivity index (χ1n) is 5.63. The largest absolute Gasteiger partial charge is 0.389 e. The molecule has 6 heteroatoms. The molecule has 0 fully saturated rings. The van der Waals surface area contributed by atoms with Crippen molar-refractivity contribution in [2.45, 2.75) is 20.8 Å². The van der Waals surface area contributed by atoms with Gasteiger partial charge >= 0.3 is 0 Å². The van der Waals surface area contributed by atoms with Gasteiger partial charge < -0.3 is 5.73 Å². The van der Waals surface area contributed by atoms with Crippen LogP contribution in [-0.2, 0) is 10.0 Å². The molecule has 1 aromatic carbocycles. The number of nitrogens with two attached hydrogens (primary N) is 1. The van der Waals surface area contributed by atoms with Gasteiger partial charge in [0.1, 0.15) is 4.99 Å². The van der Waals surface area contributed by atoms with Gasteiger partial charge in [0.15, 0.2) is 0 Å². The second-order valence-electron chi connectivity index (χ2n) is 4.64. The fourth-order valence-electron chi connectivity index (χ4n) is 1.73. The van der Waals surface area contributed by atoms with E-state index in [0.29, 0.717) is 11.3 Å². The third-order valence-electron chi connectivity index (χ3n) is 2.34. The zero-order valence-electron chi connectivity index (χ0n) is 10.7. The second kappa shape index (κ2) is 5.67. The summed E-state index contributed by atoms with van der Waals surface area (Å²) < 4.78 is 26.3. The third-order valence-corrected chi connectivity index (χ3v) is 4.18. The van der Waals surface area contributed by atoms with E-state index >= 15 is 0 Å². The Kier molecular flexibility index (Phi) is 4.70. The van der Waals surface area contributed by atoms with E-state index in [1.165, 1.54) is 0 Å². The zero-order valence-corrected chi connectivity index (χ0v) is 12.4. The van der Waals surface area contributed by atoms with Gasteiger partial charge in [-0.1, -0.05) is 38.2 Å². The maximum atomic E-state index is 11.9. The first-order valence-corrected chi connectivity index (χ1v) is 7.69. The summed E-state index contributed by atoms with van der Waals surface area (Å²) in [6.07, 6.45) is 0. The Morgan fingerprint density at radius 1 is 1.44 bits per heavy atom. The molecule has 0 aliphatic heterocycles. The number of anilines is 1. The van der Waals surface area contributed by atoms with Gasteiger partial charge in [0.25, 0.3) is 0 Å². The number of nitrogens with one attached hydrogen (secondary N) is 1. The molecule has 4 nitrogen and oxygen atoms in total. The van der Waals surface area contributed by atoms with Crippen LogP contribution in [0, 0.1) is 12.8 Å². The monoisotopic (exact) mass is 286 g/mol. The van der Waals surface area contributed by atoms with Crippen molar-refractivity contribution in [3.63, 3.8) is 0 Å². The van der Waals surface area contributed by atoms with Crippen molar-refractivity contribution in [3.05, 3.63) is 29.3 Å². The van der Waals surface area contributed by atoms with E-state index < -0.39 is 10.0 Å². The van der Waals surface area contributed by atoms with Crippen LogP contribution in [0.25, 0.3) is 0 Å². The Balaban J connectivity index is 3.13. The summed E-state index contributed by atoms with van der Waals surface area (Å²) in [6, 6.07) is 5.28. The molecule has 0 radical (unpaired) electrons. The zero-order chi connectivity index (χ0) is 13.9. The Hall–Kier alpha value is -1.14. The number of rotatable bonds is 5. The lowest BCUT2D eigenvalue weighted by Gasteiger charge is -2.14. The van der Waals surface area contributed by atoms with Gasteiger partial charge in [0.2, 0.25) is 10.0 Å². The van der Waals surface area contributed by atoms with Gasteiger partial charge in [-0.25, -0.2) is 8.42 Å². The van der Waals surface area contributed by atoms with Crippen LogP contribution in [-0.4, -0.2) is 19.2 Å². The highest BCUT2D eigenvalue weighted by Gasteiger charge is 2.16. The number of sulfonamides is 1. The molecule has 0 heterocycles. The molecule has 0 bridgehead atoms. The van der Waals surface area contributed by atoms with E-state index in [2.05, 4.69) is 4.72 Å². The molecule has 1 aromatic rings. The number of benzene rings is 1. The summed E-state index contributed by atoms with van der Waals surface area (Å²) in [7, 11) is -3.37. The average Bonchev–Trinajstić information content (AvgIpc) is 2.13. The minimum atomic E-state index is -3.37. The first-order chi connectivity index (χ1) is 8.23. The van der Waals surface area contributed by atoms with Crippen molar-refractivity contribution >= 4 is 32.9 Å². The van der Waals surface area contributed by atoms with Gasteiger partial charge in [0, 0.05) is 5.56 Å². The minimum absolute atomic E-state index is 0.0561. The number of aryl methyl sites for hydroxylation is 1. The fraction of sp³-hybridized carbons (Fsp3) is 0.417. The van der Waals surface area contributed by atoms with Crippen LogP contribution < -0.4 is 10.5 Å². The van der Waals surface area contributed by atoms with Crippen LogP contribution >= 0.6 is 12.2 Å². The molecule has 0 amide bonds. The average molecular weight is 286 g/mol. The van der Waals surface area contributed by atoms with E-state index in [9.17, 15) is 8.42 Å². The highest BCUT2D eigenvalue weighted by atomic mass is 32.2. The number of thiocarbonyl (C=S) groups is 1. The quantitative estimate of drug-likeness (QED) is 0.812. The molecular formula is C12H18N2O2S2. The maximum Gasteiger partial charge on any atom is 0.232 e. The van der Waals surface area contributed by atoms with Crippen LogP contribution in [0.2, 0.25) is 0 Å². The van der Waals surface area contributed by atoms with Gasteiger partial charge in [-0.15, -0.1) is 0 Å². The van der Waals surface area contributed by atoms with Crippen molar-refractivity contribution in [1.29, 1.82) is 0 Å². The van der Waals surface area contributed by atoms with E-state index in [4.69, 9.17) is 18.0 Å². The smallest absolute Gasteiger partial charge is 0.232 e. The van der Waals surface area contributed by atoms with Crippen LogP contribution in [0.5, 0.6) is 0 Å². The molecule has 0 aromatic heterocycles. The van der Waals surface area contributed by atoms with Gasteiger partial charge in [-0.3, -0.25) is 4.72 Å². The van der Waals surface area contributed by atoms with Crippen LogP contribution in [0.4, 0.5) is 5.69 Å². The van der Waals surface area contributed by atoms with Gasteiger partial charge in [-0.2, -0.15) is 0 Å². The van der Waals surface area contributed by atoms with Crippen molar-refractivity contribution in [1.82, 2.24) is 0 Å². The summed E-state index contributed by atoms with van der Waals surface area (Å²) in [5, 5.41) is 0. The third kappa shape index (κ3) is 3.96. The molecule has 0 saturated heterocycles. The summed E-state index contributed by atoms with van der Waals surface area (Å²) in [6.45, 7) is 5.54. The lowest BCUT2D eigenvalue weighted by atomic mass is 10.1. The SMILES string of the molecule is Cc1cccc(NS(=O)(=O)CC(C)C)c1C(N)=S. The Bertz CT molecular complexity index is 551. The van der Waals surface area contributed by atoms with Crippen molar-refractivity contribution in [2.75, 3.05) is 10.5 Å². The fourth-order valence-corrected chi connectivity index (χ4v) is 3.47. The molecule has 0 saturated carbocycles. The van der Waals surface area contributed by atoms with Crippen molar-refractivity contribution < 1.29 is 8.42 Å². The molecule has 3 N–H and O–H groups in total. The molecule has 1 rings (SSSR count). The maximum absolute atomic E-state index is 11.9. The summed E-state index contributed by atoms with van der Waals surface area (Å²) in [5.41, 5.74) is 7.52. The lowest BCUT2D eigenvalue weighted by Crippen LogP contribution is -2.23. The molecule has 18 heavy (non-hydrogen) atoms. The minimum Gasteiger partial charge on any atom is -0.389 e. The van der Waals surface area contributed by atoms with E-state index in [-0.39, 0.29) is 16.7 Å². The molecular weight excluding hydrogens is 268 g/mol. The van der Waals surface area contributed by atoms with E-state index in [0.717, 1.165) is 5.56 Å². The Morgan fingerprint density at radius 2 is 2.06 bits per heavy atom. The van der Waals surface area contributed by atoms with Gasteiger partial charge in [0.05, 0.1) is 11.4 Å². The highest BCUT2D eigenvalue weighted by molar-refractivity contribution is 7.92. The van der Waals surface area contributed by atoms with Crippen LogP contribution in [0.15, 0.2) is 18.2 Å². The predicted molar refractivity (Wildman–Crippen MR) is 79.3 cm³/mol. The Morgan fingerprint density at radius 3 is 2.56 bits per heavy atom. The normalized spacial score (nSPS) is 11.6. The van der Waals surface area contributed by atoms with E-state index in [1.807, 2.05) is 26.8 Å². The molecule has 0 unspecified atom stereocenters. The summed E-state index contributed by atoms with van der Waals surface area (Å²) in [5.74, 6) is 0.123. The van der Waals surface area contributed by atoms with Crippen molar-refractivity contribution in [3.8, 4) is 0 Å². The molecule has 0 atom stereocenters. The van der Waals surface area contributed by atoms with Gasteiger partial charge in [-0.05, 0) is 24.5 Å². The molecule has 0 aliphatic carbocycles. The number of hydrogen-bond acceptors (Lipinski definition) is 3. The molecule has 0 spiro atoms. The Labute approximate surface area is 114 Å².